The monoisotopic (exact) mass is 326 g/mol. The predicted octanol–water partition coefficient (Wildman–Crippen LogP) is 6.11. The van der Waals surface area contributed by atoms with E-state index in [0.29, 0.717) is 29.2 Å². The number of rotatable bonds is 5. The lowest BCUT2D eigenvalue weighted by molar-refractivity contribution is 0.403. The van der Waals surface area contributed by atoms with Crippen LogP contribution in [-0.2, 0) is 6.42 Å². The first kappa shape index (κ1) is 16.0. The fraction of sp³-hybridized carbons (Fsp3) is 0.100. The third-order valence-electron chi connectivity index (χ3n) is 3.47. The Hall–Kier alpha value is -2.88. The quantitative estimate of drug-likeness (QED) is 0.563. The Kier molecular flexibility index (Phi) is 4.75. The van der Waals surface area contributed by atoms with Crippen molar-refractivity contribution in [1.82, 2.24) is 0 Å². The van der Waals surface area contributed by atoms with Gasteiger partial charge in [0.05, 0.1) is 0 Å². The first-order chi connectivity index (χ1) is 11.7. The molecule has 0 spiro atoms. The Morgan fingerprint density at radius 3 is 1.92 bits per heavy atom. The molecule has 0 fully saturated rings. The van der Waals surface area contributed by atoms with E-state index >= 15 is 0 Å². The smallest absolute Gasteiger partial charge is 0.198 e. The Morgan fingerprint density at radius 2 is 1.29 bits per heavy atom. The van der Waals surface area contributed by atoms with Crippen LogP contribution >= 0.6 is 0 Å². The molecule has 4 heteroatoms. The van der Waals surface area contributed by atoms with Crippen LogP contribution in [0.3, 0.4) is 0 Å². The largest absolute Gasteiger partial charge is 0.457 e. The van der Waals surface area contributed by atoms with Crippen LogP contribution in [0.15, 0.2) is 66.7 Å². The van der Waals surface area contributed by atoms with Gasteiger partial charge < -0.3 is 9.47 Å². The van der Waals surface area contributed by atoms with Crippen molar-refractivity contribution < 1.29 is 18.3 Å². The van der Waals surface area contributed by atoms with Crippen molar-refractivity contribution in [1.29, 1.82) is 0 Å². The SMILES string of the molecule is CCc1cc(F)c(Oc2cccc(Oc3ccccc3)c2)c(F)c1. The van der Waals surface area contributed by atoms with Gasteiger partial charge in [-0.25, -0.2) is 8.78 Å². The van der Waals surface area contributed by atoms with E-state index in [4.69, 9.17) is 9.47 Å². The Morgan fingerprint density at radius 1 is 0.708 bits per heavy atom. The maximum atomic E-state index is 14.0. The molecule has 2 nitrogen and oxygen atoms in total. The summed E-state index contributed by atoms with van der Waals surface area (Å²) in [6, 6.07) is 18.4. The molecule has 0 N–H and O–H groups in total. The first-order valence-electron chi connectivity index (χ1n) is 7.64. The molecule has 0 radical (unpaired) electrons. The summed E-state index contributed by atoms with van der Waals surface area (Å²) in [6.07, 6.45) is 0.550. The molecular weight excluding hydrogens is 310 g/mol. The van der Waals surface area contributed by atoms with Crippen LogP contribution in [0.2, 0.25) is 0 Å². The molecule has 0 aliphatic heterocycles. The van der Waals surface area contributed by atoms with E-state index < -0.39 is 17.4 Å². The summed E-state index contributed by atoms with van der Waals surface area (Å²) < 4.78 is 39.1. The Labute approximate surface area is 139 Å². The number of para-hydroxylation sites is 1. The van der Waals surface area contributed by atoms with E-state index in [-0.39, 0.29) is 0 Å². The lowest BCUT2D eigenvalue weighted by atomic mass is 10.1. The molecule has 3 rings (SSSR count). The van der Waals surface area contributed by atoms with Crippen LogP contribution in [0.25, 0.3) is 0 Å². The summed E-state index contributed by atoms with van der Waals surface area (Å²) in [5.41, 5.74) is 0.582. The second kappa shape index (κ2) is 7.13. The predicted molar refractivity (Wildman–Crippen MR) is 88.8 cm³/mol. The summed E-state index contributed by atoms with van der Waals surface area (Å²) in [5.74, 6) is -0.374. The molecular formula is C20H16F2O2. The maximum Gasteiger partial charge on any atom is 0.198 e. The van der Waals surface area contributed by atoms with Crippen LogP contribution in [-0.4, -0.2) is 0 Å². The van der Waals surface area contributed by atoms with Gasteiger partial charge in [0.2, 0.25) is 0 Å². The fourth-order valence-corrected chi connectivity index (χ4v) is 2.26. The highest BCUT2D eigenvalue weighted by molar-refractivity contribution is 5.40. The lowest BCUT2D eigenvalue weighted by Crippen LogP contribution is -1.95. The van der Waals surface area contributed by atoms with Crippen molar-refractivity contribution in [2.45, 2.75) is 13.3 Å². The van der Waals surface area contributed by atoms with Crippen molar-refractivity contribution in [3.63, 3.8) is 0 Å². The van der Waals surface area contributed by atoms with E-state index in [1.54, 1.807) is 24.3 Å². The Balaban J connectivity index is 1.83. The van der Waals surface area contributed by atoms with Crippen molar-refractivity contribution in [2.75, 3.05) is 0 Å². The molecule has 0 saturated heterocycles. The molecule has 0 atom stereocenters. The minimum atomic E-state index is -0.721. The molecule has 0 bridgehead atoms. The molecule has 3 aromatic rings. The zero-order valence-electron chi connectivity index (χ0n) is 13.1. The molecule has 0 unspecified atom stereocenters. The zero-order chi connectivity index (χ0) is 16.9. The standard InChI is InChI=1S/C20H16F2O2/c1-2-14-11-18(21)20(19(22)12-14)24-17-10-6-9-16(13-17)23-15-7-4-3-5-8-15/h3-13H,2H2,1H3. The molecule has 122 valence electrons. The molecule has 0 saturated carbocycles. The van der Waals surface area contributed by atoms with Gasteiger partial charge in [0.15, 0.2) is 17.4 Å². The number of halogens is 2. The van der Waals surface area contributed by atoms with Crippen LogP contribution in [0.5, 0.6) is 23.0 Å². The summed E-state index contributed by atoms with van der Waals surface area (Å²) in [6.45, 7) is 1.83. The molecule has 0 heterocycles. The van der Waals surface area contributed by atoms with Crippen LogP contribution in [0.4, 0.5) is 8.78 Å². The van der Waals surface area contributed by atoms with Gasteiger partial charge in [-0.2, -0.15) is 0 Å². The number of ether oxygens (including phenoxy) is 2. The minimum Gasteiger partial charge on any atom is -0.457 e. The number of benzene rings is 3. The van der Waals surface area contributed by atoms with Crippen LogP contribution in [0, 0.1) is 11.6 Å². The third kappa shape index (κ3) is 3.71. The van der Waals surface area contributed by atoms with Gasteiger partial charge in [-0.1, -0.05) is 31.2 Å². The van der Waals surface area contributed by atoms with E-state index in [2.05, 4.69) is 0 Å². The molecule has 24 heavy (non-hydrogen) atoms. The van der Waals surface area contributed by atoms with E-state index in [1.807, 2.05) is 37.3 Å². The van der Waals surface area contributed by atoms with E-state index in [0.717, 1.165) is 0 Å². The van der Waals surface area contributed by atoms with Gasteiger partial charge in [0.1, 0.15) is 17.2 Å². The second-order valence-corrected chi connectivity index (χ2v) is 5.23. The van der Waals surface area contributed by atoms with Crippen molar-refractivity contribution in [3.05, 3.63) is 83.9 Å². The molecule has 0 aromatic heterocycles. The number of hydrogen-bond donors (Lipinski definition) is 0. The highest BCUT2D eigenvalue weighted by Crippen LogP contribution is 2.31. The van der Waals surface area contributed by atoms with Crippen molar-refractivity contribution in [3.8, 4) is 23.0 Å². The lowest BCUT2D eigenvalue weighted by Gasteiger charge is -2.11. The molecule has 0 aliphatic carbocycles. The van der Waals surface area contributed by atoms with Gasteiger partial charge in [-0.05, 0) is 48.4 Å². The number of aryl methyl sites for hydroxylation is 1. The molecule has 0 amide bonds. The van der Waals surface area contributed by atoms with Crippen LogP contribution < -0.4 is 9.47 Å². The average Bonchev–Trinajstić information content (AvgIpc) is 2.59. The van der Waals surface area contributed by atoms with Gasteiger partial charge in [0, 0.05) is 6.07 Å². The van der Waals surface area contributed by atoms with Crippen molar-refractivity contribution >= 4 is 0 Å². The van der Waals surface area contributed by atoms with Gasteiger partial charge in [-0.3, -0.25) is 0 Å². The third-order valence-corrected chi connectivity index (χ3v) is 3.47. The fourth-order valence-electron chi connectivity index (χ4n) is 2.26. The molecule has 3 aromatic carbocycles. The summed E-state index contributed by atoms with van der Waals surface area (Å²) >= 11 is 0. The van der Waals surface area contributed by atoms with Gasteiger partial charge in [-0.15, -0.1) is 0 Å². The zero-order valence-corrected chi connectivity index (χ0v) is 13.1. The molecule has 0 aliphatic rings. The van der Waals surface area contributed by atoms with Gasteiger partial charge in [0.25, 0.3) is 0 Å². The summed E-state index contributed by atoms with van der Waals surface area (Å²) in [4.78, 5) is 0. The van der Waals surface area contributed by atoms with Crippen LogP contribution in [0.1, 0.15) is 12.5 Å². The Bertz CT molecular complexity index is 809. The maximum absolute atomic E-state index is 14.0. The van der Waals surface area contributed by atoms with Gasteiger partial charge >= 0.3 is 0 Å². The normalized spacial score (nSPS) is 10.5. The topological polar surface area (TPSA) is 18.5 Å². The highest BCUT2D eigenvalue weighted by Gasteiger charge is 2.13. The summed E-state index contributed by atoms with van der Waals surface area (Å²) in [7, 11) is 0. The summed E-state index contributed by atoms with van der Waals surface area (Å²) in [5, 5.41) is 0. The second-order valence-electron chi connectivity index (χ2n) is 5.23. The highest BCUT2D eigenvalue weighted by atomic mass is 19.1. The van der Waals surface area contributed by atoms with E-state index in [9.17, 15) is 8.78 Å². The van der Waals surface area contributed by atoms with E-state index in [1.165, 1.54) is 12.1 Å². The first-order valence-corrected chi connectivity index (χ1v) is 7.64. The number of hydrogen-bond acceptors (Lipinski definition) is 2. The average molecular weight is 326 g/mol. The minimum absolute atomic E-state index is 0.297. The van der Waals surface area contributed by atoms with Crippen molar-refractivity contribution in [2.24, 2.45) is 0 Å².